The van der Waals surface area contributed by atoms with E-state index in [9.17, 15) is 9.59 Å². The molecular formula is C7H8O4. The van der Waals surface area contributed by atoms with Gasteiger partial charge in [0, 0.05) is 6.42 Å². The quantitative estimate of drug-likeness (QED) is 0.450. The lowest BCUT2D eigenvalue weighted by molar-refractivity contribution is -0.137. The highest BCUT2D eigenvalue weighted by Crippen LogP contribution is 2.30. The Morgan fingerprint density at radius 2 is 2.18 bits per heavy atom. The minimum Gasteiger partial charge on any atom is -0.462 e. The van der Waals surface area contributed by atoms with Gasteiger partial charge in [-0.15, -0.1) is 0 Å². The predicted octanol–water partition coefficient (Wildman–Crippen LogP) is -0.339. The van der Waals surface area contributed by atoms with Gasteiger partial charge in [-0.25, -0.2) is 0 Å². The van der Waals surface area contributed by atoms with E-state index >= 15 is 0 Å². The summed E-state index contributed by atoms with van der Waals surface area (Å²) in [6.45, 7) is 0.542. The molecule has 0 aromatic heterocycles. The minimum atomic E-state index is -0.892. The van der Waals surface area contributed by atoms with Gasteiger partial charge in [0.2, 0.25) is 0 Å². The molecule has 0 unspecified atom stereocenters. The summed E-state index contributed by atoms with van der Waals surface area (Å²) >= 11 is 0. The van der Waals surface area contributed by atoms with Crippen molar-refractivity contribution in [2.75, 3.05) is 13.2 Å². The lowest BCUT2D eigenvalue weighted by atomic mass is 9.98. The second-order valence-corrected chi connectivity index (χ2v) is 2.85. The molecule has 0 aromatic carbocycles. The average molecular weight is 156 g/mol. The number of ketones is 1. The van der Waals surface area contributed by atoms with E-state index in [2.05, 4.69) is 4.74 Å². The molecular weight excluding hydrogens is 148 g/mol. The third-order valence-corrected chi connectivity index (χ3v) is 2.11. The first-order valence-corrected chi connectivity index (χ1v) is 3.56. The van der Waals surface area contributed by atoms with E-state index in [-0.39, 0.29) is 24.8 Å². The molecule has 0 radical (unpaired) electrons. The fourth-order valence-corrected chi connectivity index (χ4v) is 1.45. The smallest absolute Gasteiger partial charge is 0.309 e. The summed E-state index contributed by atoms with van der Waals surface area (Å²) < 4.78 is 9.86. The van der Waals surface area contributed by atoms with Crippen molar-refractivity contribution in [2.24, 2.45) is 0 Å². The van der Waals surface area contributed by atoms with Gasteiger partial charge < -0.3 is 9.47 Å². The van der Waals surface area contributed by atoms with Crippen LogP contribution in [0.15, 0.2) is 0 Å². The molecule has 4 heteroatoms. The maximum absolute atomic E-state index is 11.2. The summed E-state index contributed by atoms with van der Waals surface area (Å²) in [6.07, 6.45) is 0.516. The molecule has 0 aliphatic carbocycles. The molecule has 2 aliphatic rings. The molecule has 1 spiro atoms. The Labute approximate surface area is 63.5 Å². The molecule has 2 rings (SSSR count). The highest BCUT2D eigenvalue weighted by Gasteiger charge is 2.50. The molecule has 2 aliphatic heterocycles. The Kier molecular flexibility index (Phi) is 1.26. The Morgan fingerprint density at radius 1 is 1.36 bits per heavy atom. The van der Waals surface area contributed by atoms with Crippen molar-refractivity contribution in [1.29, 1.82) is 0 Å². The number of hydrogen-bond acceptors (Lipinski definition) is 4. The third-order valence-electron chi connectivity index (χ3n) is 2.11. The van der Waals surface area contributed by atoms with Crippen LogP contribution >= 0.6 is 0 Å². The molecule has 0 N–H and O–H groups in total. The maximum atomic E-state index is 11.2. The minimum absolute atomic E-state index is 0.00310. The lowest BCUT2D eigenvalue weighted by Gasteiger charge is -2.14. The van der Waals surface area contributed by atoms with Crippen molar-refractivity contribution in [2.45, 2.75) is 18.4 Å². The number of rotatable bonds is 0. The number of hydrogen-bond donors (Lipinski definition) is 0. The lowest BCUT2D eigenvalue weighted by Crippen LogP contribution is -2.36. The number of Topliss-reactive ketones (excluding diaryl/α,β-unsaturated/α-hetero) is 1. The van der Waals surface area contributed by atoms with Gasteiger partial charge in [0.05, 0.1) is 13.0 Å². The average Bonchev–Trinajstić information content (AvgIpc) is 2.46. The summed E-state index contributed by atoms with van der Waals surface area (Å²) in [4.78, 5) is 21.9. The summed E-state index contributed by atoms with van der Waals surface area (Å²) in [5.74, 6) is -0.330. The molecule has 0 saturated carbocycles. The fourth-order valence-electron chi connectivity index (χ4n) is 1.45. The van der Waals surface area contributed by atoms with E-state index in [4.69, 9.17) is 4.74 Å². The van der Waals surface area contributed by atoms with Gasteiger partial charge >= 0.3 is 5.97 Å². The van der Waals surface area contributed by atoms with Gasteiger partial charge in [0.1, 0.15) is 6.61 Å². The summed E-state index contributed by atoms with van der Waals surface area (Å²) in [5.41, 5.74) is -0.892. The van der Waals surface area contributed by atoms with E-state index in [1.165, 1.54) is 0 Å². The van der Waals surface area contributed by atoms with Crippen molar-refractivity contribution in [3.8, 4) is 0 Å². The zero-order valence-electron chi connectivity index (χ0n) is 5.96. The van der Waals surface area contributed by atoms with Gasteiger partial charge in [-0.3, -0.25) is 9.59 Å². The molecule has 2 saturated heterocycles. The van der Waals surface area contributed by atoms with Crippen LogP contribution in [-0.2, 0) is 19.1 Å². The van der Waals surface area contributed by atoms with Crippen LogP contribution in [0.25, 0.3) is 0 Å². The van der Waals surface area contributed by atoms with Crippen molar-refractivity contribution in [3.63, 3.8) is 0 Å². The van der Waals surface area contributed by atoms with Gasteiger partial charge in [0.25, 0.3) is 0 Å². The van der Waals surface area contributed by atoms with Crippen LogP contribution in [0.4, 0.5) is 0 Å². The Morgan fingerprint density at radius 3 is 2.64 bits per heavy atom. The van der Waals surface area contributed by atoms with Crippen molar-refractivity contribution in [3.05, 3.63) is 0 Å². The zero-order valence-corrected chi connectivity index (χ0v) is 5.96. The normalized spacial score (nSPS) is 36.7. The summed E-state index contributed by atoms with van der Waals surface area (Å²) in [7, 11) is 0. The fraction of sp³-hybridized carbons (Fsp3) is 0.714. The number of esters is 1. The maximum Gasteiger partial charge on any atom is 0.309 e. The van der Waals surface area contributed by atoms with Crippen molar-refractivity contribution >= 4 is 11.8 Å². The Bertz CT molecular complexity index is 222. The van der Waals surface area contributed by atoms with E-state index in [1.54, 1.807) is 0 Å². The molecule has 4 nitrogen and oxygen atoms in total. The topological polar surface area (TPSA) is 52.6 Å². The predicted molar refractivity (Wildman–Crippen MR) is 33.9 cm³/mol. The largest absolute Gasteiger partial charge is 0.462 e. The van der Waals surface area contributed by atoms with Crippen LogP contribution in [0, 0.1) is 0 Å². The number of ether oxygens (including phenoxy) is 2. The highest BCUT2D eigenvalue weighted by atomic mass is 16.6. The van der Waals surface area contributed by atoms with Crippen LogP contribution < -0.4 is 0 Å². The van der Waals surface area contributed by atoms with Crippen molar-refractivity contribution in [1.82, 2.24) is 0 Å². The Hall–Kier alpha value is -0.900. The second kappa shape index (κ2) is 2.04. The first-order chi connectivity index (χ1) is 5.23. The van der Waals surface area contributed by atoms with Crippen LogP contribution in [0.5, 0.6) is 0 Å². The highest BCUT2D eigenvalue weighted by molar-refractivity contribution is 5.94. The van der Waals surface area contributed by atoms with Gasteiger partial charge in [-0.2, -0.15) is 0 Å². The standard InChI is InChI=1S/C7H8O4/c8-5-1-2-11-7(5)3-6(9)10-4-7/h1-4H2/t7-/m0/s1. The molecule has 0 amide bonds. The van der Waals surface area contributed by atoms with Gasteiger partial charge in [0.15, 0.2) is 11.4 Å². The van der Waals surface area contributed by atoms with Gasteiger partial charge in [-0.1, -0.05) is 0 Å². The van der Waals surface area contributed by atoms with Crippen LogP contribution in [0.3, 0.4) is 0 Å². The molecule has 0 bridgehead atoms. The SMILES string of the molecule is O=C1C[C@@]2(CO1)OCCC2=O. The first kappa shape index (κ1) is 6.79. The monoisotopic (exact) mass is 156 g/mol. The van der Waals surface area contributed by atoms with Crippen LogP contribution in [0.1, 0.15) is 12.8 Å². The van der Waals surface area contributed by atoms with E-state index in [0.717, 1.165) is 0 Å². The molecule has 2 heterocycles. The zero-order chi connectivity index (χ0) is 7.90. The molecule has 11 heavy (non-hydrogen) atoms. The summed E-state index contributed by atoms with van der Waals surface area (Å²) in [6, 6.07) is 0. The molecule has 2 fully saturated rings. The van der Waals surface area contributed by atoms with Gasteiger partial charge in [-0.05, 0) is 0 Å². The number of cyclic esters (lactones) is 1. The first-order valence-electron chi connectivity index (χ1n) is 3.56. The molecule has 60 valence electrons. The second-order valence-electron chi connectivity index (χ2n) is 2.85. The van der Waals surface area contributed by atoms with Crippen LogP contribution in [0.2, 0.25) is 0 Å². The van der Waals surface area contributed by atoms with Crippen molar-refractivity contribution < 1.29 is 19.1 Å². The summed E-state index contributed by atoms with van der Waals surface area (Å²) in [5, 5.41) is 0. The molecule has 1 atom stereocenters. The number of carbonyl (C=O) groups is 2. The Balaban J connectivity index is 2.22. The third kappa shape index (κ3) is 0.860. The van der Waals surface area contributed by atoms with E-state index in [0.29, 0.717) is 13.0 Å². The number of carbonyl (C=O) groups excluding carboxylic acids is 2. The molecule has 0 aromatic rings. The van der Waals surface area contributed by atoms with Crippen LogP contribution in [-0.4, -0.2) is 30.6 Å². The van der Waals surface area contributed by atoms with E-state index < -0.39 is 5.60 Å². The van der Waals surface area contributed by atoms with E-state index in [1.807, 2.05) is 0 Å².